The molecule has 0 aliphatic rings. The highest BCUT2D eigenvalue weighted by molar-refractivity contribution is 7.80. The van der Waals surface area contributed by atoms with E-state index in [1.165, 1.54) is 127 Å². The van der Waals surface area contributed by atoms with Crippen molar-refractivity contribution in [3.05, 3.63) is 0 Å². The molecule has 0 amide bonds. The lowest BCUT2D eigenvalue weighted by molar-refractivity contribution is -0.928. The average molecular weight is 536 g/mol. The summed E-state index contributed by atoms with van der Waals surface area (Å²) in [6.45, 7) is 19.4. The van der Waals surface area contributed by atoms with Crippen molar-refractivity contribution < 1.29 is 21.6 Å². The molecule has 220 valence electrons. The fraction of sp³-hybridized carbons (Fsp3) is 1.00. The minimum atomic E-state index is -4.50. The minimum absolute atomic E-state index is 0.0308. The zero-order valence-corrected chi connectivity index (χ0v) is 26.1. The summed E-state index contributed by atoms with van der Waals surface area (Å²) < 4.78 is 36.2. The van der Waals surface area contributed by atoms with Crippen LogP contribution >= 0.6 is 0 Å². The van der Waals surface area contributed by atoms with Crippen molar-refractivity contribution in [2.75, 3.05) is 32.8 Å². The van der Waals surface area contributed by atoms with E-state index in [0.717, 1.165) is 18.8 Å². The van der Waals surface area contributed by atoms with Gasteiger partial charge in [-0.25, -0.2) is 8.42 Å². The van der Waals surface area contributed by atoms with Crippen LogP contribution in [-0.4, -0.2) is 50.2 Å². The summed E-state index contributed by atoms with van der Waals surface area (Å²) in [6, 6.07) is 0. The topological polar surface area (TPSA) is 66.4 Å². The molecule has 6 heteroatoms. The number of unbranched alkanes of at least 4 members (excludes halogenated alkanes) is 12. The fourth-order valence-electron chi connectivity index (χ4n) is 5.33. The predicted molar refractivity (Wildman–Crippen MR) is 156 cm³/mol. The lowest BCUT2D eigenvalue weighted by Gasteiger charge is -2.38. The van der Waals surface area contributed by atoms with E-state index in [4.69, 9.17) is 0 Å². The average Bonchev–Trinajstić information content (AvgIpc) is 2.79. The molecule has 0 aromatic rings. The molecule has 0 saturated carbocycles. The van der Waals surface area contributed by atoms with Crippen LogP contribution in [0.4, 0.5) is 0 Å². The van der Waals surface area contributed by atoms with Crippen LogP contribution in [0.25, 0.3) is 0 Å². The maximum atomic E-state index is 10.2. The second kappa shape index (κ2) is 26.4. The lowest BCUT2D eigenvalue weighted by Crippen LogP contribution is -2.50. The van der Waals surface area contributed by atoms with Crippen molar-refractivity contribution in [2.45, 2.75) is 157 Å². The number of quaternary nitrogens is 1. The van der Waals surface area contributed by atoms with Crippen LogP contribution < -0.4 is 0 Å². The zero-order valence-electron chi connectivity index (χ0n) is 25.3. The molecular weight excluding hydrogens is 470 g/mol. The Labute approximate surface area is 227 Å². The molecule has 0 aromatic heterocycles. The van der Waals surface area contributed by atoms with Crippen LogP contribution in [0, 0.1) is 5.92 Å². The summed E-state index contributed by atoms with van der Waals surface area (Å²) >= 11 is 0. The molecule has 0 saturated heterocycles. The van der Waals surface area contributed by atoms with Gasteiger partial charge in [0.1, 0.15) is 0 Å². The lowest BCUT2D eigenvalue weighted by atomic mass is 10.0. The molecule has 5 nitrogen and oxygen atoms in total. The Balaban J connectivity index is 0. The Hall–Kier alpha value is -0.170. The second-order valence-corrected chi connectivity index (χ2v) is 12.3. The van der Waals surface area contributed by atoms with E-state index in [-0.39, 0.29) is 6.61 Å². The molecular formula is C30H65NO4S. The first-order chi connectivity index (χ1) is 17.2. The molecule has 0 bridgehead atoms. The monoisotopic (exact) mass is 535 g/mol. The molecule has 36 heavy (non-hydrogen) atoms. The molecule has 0 aliphatic heterocycles. The van der Waals surface area contributed by atoms with Crippen LogP contribution in [0.3, 0.4) is 0 Å². The zero-order chi connectivity index (χ0) is 27.5. The molecule has 0 aliphatic carbocycles. The summed E-state index contributed by atoms with van der Waals surface area (Å²) in [5.41, 5.74) is 0. The normalized spacial score (nSPS) is 12.1. The third-order valence-corrected chi connectivity index (χ3v) is 7.40. The van der Waals surface area contributed by atoms with Crippen molar-refractivity contribution in [3.63, 3.8) is 0 Å². The molecule has 0 fully saturated rings. The quantitative estimate of drug-likeness (QED) is 0.0506. The van der Waals surface area contributed by atoms with Crippen molar-refractivity contribution >= 4 is 10.4 Å². The van der Waals surface area contributed by atoms with E-state index in [9.17, 15) is 13.0 Å². The van der Waals surface area contributed by atoms with Gasteiger partial charge < -0.3 is 9.04 Å². The van der Waals surface area contributed by atoms with E-state index >= 15 is 0 Å². The Bertz CT molecular complexity index is 508. The maximum Gasteiger partial charge on any atom is 0.217 e. The van der Waals surface area contributed by atoms with Gasteiger partial charge in [0.05, 0.1) is 32.8 Å². The van der Waals surface area contributed by atoms with Crippen LogP contribution in [0.5, 0.6) is 0 Å². The summed E-state index contributed by atoms with van der Waals surface area (Å²) in [7, 11) is -4.50. The van der Waals surface area contributed by atoms with E-state index in [1.807, 2.05) is 0 Å². The Morgan fingerprint density at radius 3 is 1.17 bits per heavy atom. The van der Waals surface area contributed by atoms with Gasteiger partial charge in [-0.3, -0.25) is 4.18 Å². The van der Waals surface area contributed by atoms with Gasteiger partial charge in [-0.05, 0) is 38.0 Å². The highest BCUT2D eigenvalue weighted by atomic mass is 32.3. The third kappa shape index (κ3) is 28.4. The number of hydrogen-bond donors (Lipinski definition) is 0. The van der Waals surface area contributed by atoms with E-state index < -0.39 is 10.4 Å². The summed E-state index contributed by atoms with van der Waals surface area (Å²) in [5, 5.41) is 0. The maximum absolute atomic E-state index is 10.2. The predicted octanol–water partition coefficient (Wildman–Crippen LogP) is 9.02. The Morgan fingerprint density at radius 1 is 0.583 bits per heavy atom. The van der Waals surface area contributed by atoms with Gasteiger partial charge in [-0.1, -0.05) is 125 Å². The van der Waals surface area contributed by atoms with Gasteiger partial charge in [-0.2, -0.15) is 0 Å². The second-order valence-electron chi connectivity index (χ2n) is 11.2. The van der Waals surface area contributed by atoms with Crippen LogP contribution in [0.2, 0.25) is 0 Å². The minimum Gasteiger partial charge on any atom is -0.726 e. The first-order valence-electron chi connectivity index (χ1n) is 15.6. The summed E-state index contributed by atoms with van der Waals surface area (Å²) in [4.78, 5) is 0. The van der Waals surface area contributed by atoms with Gasteiger partial charge >= 0.3 is 0 Å². The molecule has 0 rings (SSSR count). The number of rotatable bonds is 25. The number of hydrogen-bond acceptors (Lipinski definition) is 4. The highest BCUT2D eigenvalue weighted by Crippen LogP contribution is 2.15. The molecule has 0 atom stereocenters. The summed E-state index contributed by atoms with van der Waals surface area (Å²) in [5.74, 6) is 0.849. The molecule has 0 unspecified atom stereocenters. The Morgan fingerprint density at radius 2 is 0.889 bits per heavy atom. The number of nitrogens with zero attached hydrogens (tertiary/aromatic N) is 1. The first-order valence-corrected chi connectivity index (χ1v) is 16.9. The Kier molecular flexibility index (Phi) is 27.9. The van der Waals surface area contributed by atoms with E-state index in [1.54, 1.807) is 0 Å². The van der Waals surface area contributed by atoms with Crippen molar-refractivity contribution in [1.29, 1.82) is 0 Å². The molecule has 0 heterocycles. The standard InChI is InChI=1S/C18H38O4S.C12H28N/c1-18(2)16-14-12-10-8-6-4-3-5-7-9-11-13-15-17-22-23(19,20)21;1-5-9-13(10-6-2,11-7-3)12-8-4/h18H,3-17H2,1-2H3,(H,19,20,21);5-12H2,1-4H3/q;+1/p-1. The van der Waals surface area contributed by atoms with Crippen molar-refractivity contribution in [2.24, 2.45) is 5.92 Å². The van der Waals surface area contributed by atoms with Gasteiger partial charge in [0.15, 0.2) is 0 Å². The highest BCUT2D eigenvalue weighted by Gasteiger charge is 2.22. The van der Waals surface area contributed by atoms with E-state index in [0.29, 0.717) is 6.42 Å². The third-order valence-electron chi connectivity index (χ3n) is 6.95. The SMILES string of the molecule is CC(C)CCCCCCCCCCCCCCCOS(=O)(=O)[O-].CCC[N+](CCC)(CCC)CCC. The van der Waals surface area contributed by atoms with Crippen LogP contribution in [0.15, 0.2) is 0 Å². The van der Waals surface area contributed by atoms with Crippen LogP contribution in [0.1, 0.15) is 157 Å². The molecule has 0 aromatic carbocycles. The van der Waals surface area contributed by atoms with Gasteiger partial charge in [-0.15, -0.1) is 0 Å². The molecule has 0 radical (unpaired) electrons. The van der Waals surface area contributed by atoms with Crippen LogP contribution in [-0.2, 0) is 14.6 Å². The van der Waals surface area contributed by atoms with Gasteiger partial charge in [0.25, 0.3) is 0 Å². The van der Waals surface area contributed by atoms with Crippen molar-refractivity contribution in [1.82, 2.24) is 0 Å². The first kappa shape index (κ1) is 38.0. The van der Waals surface area contributed by atoms with Gasteiger partial charge in [0, 0.05) is 0 Å². The van der Waals surface area contributed by atoms with Gasteiger partial charge in [0.2, 0.25) is 10.4 Å². The molecule has 0 spiro atoms. The molecule has 0 N–H and O–H groups in total. The van der Waals surface area contributed by atoms with Crippen molar-refractivity contribution in [3.8, 4) is 0 Å². The fourth-order valence-corrected chi connectivity index (χ4v) is 5.65. The smallest absolute Gasteiger partial charge is 0.217 e. The van der Waals surface area contributed by atoms with E-state index in [2.05, 4.69) is 45.7 Å². The summed E-state index contributed by atoms with van der Waals surface area (Å²) in [6.07, 6.45) is 22.8. The largest absolute Gasteiger partial charge is 0.726 e.